The molecule has 0 aliphatic rings. The lowest BCUT2D eigenvalue weighted by Crippen LogP contribution is -2.50. The number of nitrogens with zero attached hydrogens (tertiary/aromatic N) is 1. The van der Waals surface area contributed by atoms with Gasteiger partial charge in [0.1, 0.15) is 0 Å². The Morgan fingerprint density at radius 2 is 1.94 bits per heavy atom. The molecule has 0 heterocycles. The van der Waals surface area contributed by atoms with Crippen LogP contribution in [0.5, 0.6) is 0 Å². The molecule has 0 aromatic heterocycles. The summed E-state index contributed by atoms with van der Waals surface area (Å²) in [6.07, 6.45) is 8.12. The molecule has 7 nitrogen and oxygen atoms in total. The predicted octanol–water partition coefficient (Wildman–Crippen LogP) is 2.63. The van der Waals surface area contributed by atoms with E-state index in [-0.39, 0.29) is 12.5 Å². The number of aliphatic hydroxyl groups is 1. The quantitative estimate of drug-likeness (QED) is 0.156. The van der Waals surface area contributed by atoms with E-state index >= 15 is 0 Å². The largest absolute Gasteiger partial charge is 0.390 e. The van der Waals surface area contributed by atoms with Crippen molar-refractivity contribution >= 4 is 24.3 Å². The fourth-order valence-electron chi connectivity index (χ4n) is 3.28. The number of amides is 2. The summed E-state index contributed by atoms with van der Waals surface area (Å²) in [6.45, 7) is 7.97. The minimum Gasteiger partial charge on any atom is -0.390 e. The molecule has 0 aliphatic carbocycles. The third kappa shape index (κ3) is 13.2. The van der Waals surface area contributed by atoms with Gasteiger partial charge in [-0.1, -0.05) is 69.3 Å². The Balaban J connectivity index is 2.97. The number of hydrogen-bond acceptors (Lipinski definition) is 6. The van der Waals surface area contributed by atoms with Crippen molar-refractivity contribution in [1.29, 1.82) is 0 Å². The highest BCUT2D eigenvalue weighted by Crippen LogP contribution is 2.27. The Labute approximate surface area is 203 Å². The molecule has 0 aliphatic heterocycles. The molecule has 2 amide bonds. The second-order valence-corrected chi connectivity index (χ2v) is 9.48. The molecule has 0 saturated heterocycles. The molecule has 0 bridgehead atoms. The van der Waals surface area contributed by atoms with Gasteiger partial charge in [0.25, 0.3) is 0 Å². The number of carbonyl (C=O) groups excluding carboxylic acids is 2. The van der Waals surface area contributed by atoms with Crippen LogP contribution in [0, 0.1) is 5.92 Å². The van der Waals surface area contributed by atoms with E-state index in [4.69, 9.17) is 5.73 Å². The molecule has 0 saturated carbocycles. The van der Waals surface area contributed by atoms with Crippen LogP contribution in [0.2, 0.25) is 0 Å². The number of nitrogens with one attached hydrogen (secondary N) is 2. The van der Waals surface area contributed by atoms with Crippen molar-refractivity contribution in [3.63, 3.8) is 0 Å². The van der Waals surface area contributed by atoms with Gasteiger partial charge in [-0.2, -0.15) is 0 Å². The lowest BCUT2D eigenvalue weighted by molar-refractivity contribution is -0.123. The van der Waals surface area contributed by atoms with Gasteiger partial charge in [0.05, 0.1) is 18.7 Å². The standard InChI is InChI=1S/C25H40N4O3S/c1-4-10-22(13-8-9-14-26)33-29(17-20(2)3)18-24(31)23(28-25(32)16-27-19-30)15-21-11-6-5-7-12-21/h5-12,19-20,23-24,31H,4,13-18,26H2,1-3H3,(H,27,30)(H,28,32)/b9-8-,22-10+. The SMILES string of the molecule is CC/C=C(\C/C=C\CN)SN(CC(C)C)CC(O)C(Cc1ccccc1)NC(=O)CNC=O. The second kappa shape index (κ2) is 17.4. The number of carbonyl (C=O) groups is 2. The molecule has 2 unspecified atom stereocenters. The van der Waals surface area contributed by atoms with E-state index in [1.807, 2.05) is 36.4 Å². The molecule has 0 spiro atoms. The summed E-state index contributed by atoms with van der Waals surface area (Å²) in [5.74, 6) is 0.0785. The summed E-state index contributed by atoms with van der Waals surface area (Å²) < 4.78 is 2.17. The first-order chi connectivity index (χ1) is 15.9. The van der Waals surface area contributed by atoms with Gasteiger partial charge in [0, 0.05) is 24.5 Å². The van der Waals surface area contributed by atoms with Crippen molar-refractivity contribution in [3.05, 3.63) is 59.0 Å². The lowest BCUT2D eigenvalue weighted by Gasteiger charge is -2.31. The van der Waals surface area contributed by atoms with Crippen LogP contribution < -0.4 is 16.4 Å². The number of nitrogens with two attached hydrogens (primary N) is 1. The van der Waals surface area contributed by atoms with E-state index in [0.29, 0.717) is 31.8 Å². The van der Waals surface area contributed by atoms with E-state index in [2.05, 4.69) is 47.9 Å². The minimum absolute atomic E-state index is 0.122. The van der Waals surface area contributed by atoms with E-state index in [9.17, 15) is 14.7 Å². The first kappa shape index (κ1) is 28.9. The van der Waals surface area contributed by atoms with Gasteiger partial charge >= 0.3 is 0 Å². The summed E-state index contributed by atoms with van der Waals surface area (Å²) in [6, 6.07) is 9.27. The monoisotopic (exact) mass is 476 g/mol. The summed E-state index contributed by atoms with van der Waals surface area (Å²) in [5, 5.41) is 16.4. The van der Waals surface area contributed by atoms with Crippen molar-refractivity contribution in [2.24, 2.45) is 11.7 Å². The smallest absolute Gasteiger partial charge is 0.239 e. The maximum atomic E-state index is 12.3. The van der Waals surface area contributed by atoms with Gasteiger partial charge in [-0.3, -0.25) is 9.59 Å². The molecule has 184 valence electrons. The van der Waals surface area contributed by atoms with Crippen LogP contribution in [0.15, 0.2) is 53.5 Å². The highest BCUT2D eigenvalue weighted by Gasteiger charge is 2.25. The van der Waals surface area contributed by atoms with Crippen molar-refractivity contribution in [3.8, 4) is 0 Å². The number of benzene rings is 1. The molecule has 0 fully saturated rings. The van der Waals surface area contributed by atoms with Gasteiger partial charge in [-0.05, 0) is 42.7 Å². The zero-order valence-electron chi connectivity index (χ0n) is 20.1. The molecule has 0 radical (unpaired) electrons. The van der Waals surface area contributed by atoms with Gasteiger partial charge < -0.3 is 21.5 Å². The van der Waals surface area contributed by atoms with Gasteiger partial charge in [-0.25, -0.2) is 4.31 Å². The van der Waals surface area contributed by atoms with Crippen molar-refractivity contribution in [2.45, 2.75) is 52.2 Å². The average molecular weight is 477 g/mol. The highest BCUT2D eigenvalue weighted by molar-refractivity contribution is 8.00. The molecular weight excluding hydrogens is 436 g/mol. The van der Waals surface area contributed by atoms with Crippen molar-refractivity contribution in [2.75, 3.05) is 26.2 Å². The topological polar surface area (TPSA) is 108 Å². The van der Waals surface area contributed by atoms with E-state index < -0.39 is 12.1 Å². The fourth-order valence-corrected chi connectivity index (χ4v) is 4.63. The minimum atomic E-state index is -0.793. The molecule has 1 aromatic carbocycles. The lowest BCUT2D eigenvalue weighted by atomic mass is 10.0. The second-order valence-electron chi connectivity index (χ2n) is 8.25. The van der Waals surface area contributed by atoms with E-state index in [0.717, 1.165) is 24.9 Å². The molecule has 5 N–H and O–H groups in total. The third-order valence-corrected chi connectivity index (χ3v) is 5.84. The van der Waals surface area contributed by atoms with Gasteiger partial charge in [0.15, 0.2) is 0 Å². The Bertz CT molecular complexity index is 740. The number of aliphatic hydroxyl groups excluding tert-OH is 1. The zero-order valence-corrected chi connectivity index (χ0v) is 20.9. The molecule has 33 heavy (non-hydrogen) atoms. The van der Waals surface area contributed by atoms with Crippen LogP contribution in [-0.4, -0.2) is 60.1 Å². The Morgan fingerprint density at radius 1 is 1.21 bits per heavy atom. The zero-order chi connectivity index (χ0) is 24.5. The summed E-state index contributed by atoms with van der Waals surface area (Å²) >= 11 is 1.65. The number of rotatable bonds is 17. The molecular formula is C25H40N4O3S. The summed E-state index contributed by atoms with van der Waals surface area (Å²) in [5.41, 5.74) is 6.59. The Morgan fingerprint density at radius 3 is 2.55 bits per heavy atom. The molecule has 1 rings (SSSR count). The molecule has 2 atom stereocenters. The summed E-state index contributed by atoms with van der Waals surface area (Å²) in [7, 11) is 0. The van der Waals surface area contributed by atoms with Gasteiger partial charge in [-0.15, -0.1) is 0 Å². The van der Waals surface area contributed by atoms with Crippen molar-refractivity contribution < 1.29 is 14.7 Å². The van der Waals surface area contributed by atoms with E-state index in [1.54, 1.807) is 11.9 Å². The third-order valence-electron chi connectivity index (χ3n) is 4.71. The molecule has 1 aromatic rings. The van der Waals surface area contributed by atoms with Crippen molar-refractivity contribution in [1.82, 2.24) is 14.9 Å². The predicted molar refractivity (Wildman–Crippen MR) is 137 cm³/mol. The maximum Gasteiger partial charge on any atom is 0.239 e. The number of allylic oxidation sites excluding steroid dienone is 3. The normalized spacial score (nSPS) is 14.0. The maximum absolute atomic E-state index is 12.3. The van der Waals surface area contributed by atoms with Crippen LogP contribution in [0.1, 0.15) is 39.2 Å². The van der Waals surface area contributed by atoms with Gasteiger partial charge in [0.2, 0.25) is 12.3 Å². The van der Waals surface area contributed by atoms with Crippen LogP contribution in [0.3, 0.4) is 0 Å². The fraction of sp³-hybridized carbons (Fsp3) is 0.520. The average Bonchev–Trinajstić information content (AvgIpc) is 2.77. The first-order valence-electron chi connectivity index (χ1n) is 11.5. The summed E-state index contributed by atoms with van der Waals surface area (Å²) in [4.78, 5) is 24.0. The first-order valence-corrected chi connectivity index (χ1v) is 12.3. The van der Waals surface area contributed by atoms with E-state index in [1.165, 1.54) is 4.91 Å². The number of hydrogen-bond donors (Lipinski definition) is 4. The van der Waals surface area contributed by atoms with Crippen LogP contribution in [0.4, 0.5) is 0 Å². The van der Waals surface area contributed by atoms with Crippen LogP contribution in [-0.2, 0) is 16.0 Å². The Hall–Kier alpha value is -2.13. The van der Waals surface area contributed by atoms with Crippen LogP contribution >= 0.6 is 11.9 Å². The van der Waals surface area contributed by atoms with Crippen LogP contribution in [0.25, 0.3) is 0 Å². The molecule has 8 heteroatoms. The Kier molecular flexibility index (Phi) is 15.2. The highest BCUT2D eigenvalue weighted by atomic mass is 32.2.